The summed E-state index contributed by atoms with van der Waals surface area (Å²) in [5.41, 5.74) is 1.47. The third-order valence-electron chi connectivity index (χ3n) is 6.98. The van der Waals surface area contributed by atoms with Gasteiger partial charge in [0.05, 0.1) is 27.7 Å². The fraction of sp³-hybridized carbons (Fsp3) is 0.212. The lowest BCUT2D eigenvalue weighted by Crippen LogP contribution is -2.53. The van der Waals surface area contributed by atoms with Gasteiger partial charge in [-0.15, -0.1) is 0 Å². The maximum atomic E-state index is 14.5. The number of nitrogens with one attached hydrogen (secondary N) is 1. The molecule has 0 aromatic heterocycles. The Bertz CT molecular complexity index is 1740. The van der Waals surface area contributed by atoms with Crippen molar-refractivity contribution in [2.75, 3.05) is 24.5 Å². The zero-order valence-electron chi connectivity index (χ0n) is 24.6. The van der Waals surface area contributed by atoms with Gasteiger partial charge in [0, 0.05) is 24.5 Å². The highest BCUT2D eigenvalue weighted by Crippen LogP contribution is 2.35. The normalized spacial score (nSPS) is 11.8. The largest absolute Gasteiger partial charge is 0.495 e. The fourth-order valence-corrected chi connectivity index (χ4v) is 6.70. The Morgan fingerprint density at radius 3 is 2.13 bits per heavy atom. The molecule has 1 atom stereocenters. The number of hydrogen-bond acceptors (Lipinski definition) is 5. The van der Waals surface area contributed by atoms with Crippen molar-refractivity contribution in [2.24, 2.45) is 0 Å². The molecule has 8 nitrogen and oxygen atoms in total. The average molecular weight is 689 g/mol. The van der Waals surface area contributed by atoms with Crippen LogP contribution < -0.4 is 14.4 Å². The quantitative estimate of drug-likeness (QED) is 0.170. The second-order valence-corrected chi connectivity index (χ2v) is 13.1. The van der Waals surface area contributed by atoms with Gasteiger partial charge in [-0.05, 0) is 60.5 Å². The van der Waals surface area contributed by atoms with E-state index in [-0.39, 0.29) is 39.3 Å². The van der Waals surface area contributed by atoms with Crippen LogP contribution in [0, 0.1) is 0 Å². The highest BCUT2D eigenvalue weighted by atomic mass is 35.5. The van der Waals surface area contributed by atoms with Crippen molar-refractivity contribution in [3.63, 3.8) is 0 Å². The first-order chi connectivity index (χ1) is 21.5. The number of anilines is 1. The van der Waals surface area contributed by atoms with E-state index in [1.54, 1.807) is 49.4 Å². The lowest BCUT2D eigenvalue weighted by molar-refractivity contribution is -0.140. The van der Waals surface area contributed by atoms with Crippen LogP contribution in [0.1, 0.15) is 18.1 Å². The van der Waals surface area contributed by atoms with E-state index in [4.69, 9.17) is 39.5 Å². The number of carbonyl (C=O) groups excluding carboxylic acids is 2. The highest BCUT2D eigenvalue weighted by molar-refractivity contribution is 7.92. The average Bonchev–Trinajstić information content (AvgIpc) is 3.04. The molecule has 0 saturated heterocycles. The summed E-state index contributed by atoms with van der Waals surface area (Å²) in [6, 6.07) is 25.4. The molecular weight excluding hydrogens is 657 g/mol. The van der Waals surface area contributed by atoms with Crippen LogP contribution in [0.25, 0.3) is 0 Å². The Kier molecular flexibility index (Phi) is 11.7. The molecule has 1 N–H and O–H groups in total. The lowest BCUT2D eigenvalue weighted by atomic mass is 10.0. The minimum atomic E-state index is -4.32. The number of carbonyl (C=O) groups is 2. The van der Waals surface area contributed by atoms with E-state index in [1.165, 1.54) is 36.3 Å². The summed E-state index contributed by atoms with van der Waals surface area (Å²) >= 11 is 18.8. The van der Waals surface area contributed by atoms with Gasteiger partial charge in [-0.1, -0.05) is 89.4 Å². The Morgan fingerprint density at radius 1 is 0.844 bits per heavy atom. The number of halogens is 3. The van der Waals surface area contributed by atoms with Gasteiger partial charge >= 0.3 is 0 Å². The van der Waals surface area contributed by atoms with Gasteiger partial charge in [-0.2, -0.15) is 0 Å². The summed E-state index contributed by atoms with van der Waals surface area (Å²) in [6.45, 7) is 1.38. The molecule has 0 radical (unpaired) electrons. The molecule has 4 aromatic rings. The Labute approximate surface area is 278 Å². The van der Waals surface area contributed by atoms with Crippen LogP contribution in [0.3, 0.4) is 0 Å². The molecule has 236 valence electrons. The summed E-state index contributed by atoms with van der Waals surface area (Å²) in [6.07, 6.45) is 0.172. The van der Waals surface area contributed by atoms with Crippen LogP contribution in [-0.4, -0.2) is 51.4 Å². The van der Waals surface area contributed by atoms with Crippen molar-refractivity contribution in [3.8, 4) is 5.75 Å². The highest BCUT2D eigenvalue weighted by Gasteiger charge is 2.35. The van der Waals surface area contributed by atoms with Gasteiger partial charge in [-0.3, -0.25) is 13.9 Å². The summed E-state index contributed by atoms with van der Waals surface area (Å²) in [7, 11) is -2.93. The number of sulfonamides is 1. The second kappa shape index (κ2) is 15.5. The summed E-state index contributed by atoms with van der Waals surface area (Å²) in [4.78, 5) is 29.4. The van der Waals surface area contributed by atoms with Crippen LogP contribution in [0.4, 0.5) is 5.69 Å². The first kappa shape index (κ1) is 34.1. The standard InChI is InChI=1S/C33H32Cl3N3O5S/c1-3-37-33(41)30(19-23-10-6-4-7-11-23)38(21-24-14-16-27(35)28(36)18-24)32(40)22-39(29-20-25(34)15-17-31(29)44-2)45(42,43)26-12-8-5-9-13-26/h4-18,20,30H,3,19,21-22H2,1-2H3,(H,37,41)/t30-/m0/s1. The van der Waals surface area contributed by atoms with E-state index in [2.05, 4.69) is 5.32 Å². The molecule has 0 spiro atoms. The number of benzene rings is 4. The zero-order valence-corrected chi connectivity index (χ0v) is 27.7. The van der Waals surface area contributed by atoms with E-state index in [1.807, 2.05) is 30.3 Å². The minimum Gasteiger partial charge on any atom is -0.495 e. The molecule has 0 fully saturated rings. The molecular formula is C33H32Cl3N3O5S. The second-order valence-electron chi connectivity index (χ2n) is 10.0. The number of likely N-dealkylation sites (N-methyl/N-ethyl adjacent to an activating group) is 1. The molecule has 4 aromatic carbocycles. The predicted molar refractivity (Wildman–Crippen MR) is 179 cm³/mol. The van der Waals surface area contributed by atoms with Crippen LogP contribution in [-0.2, 0) is 32.6 Å². The topological polar surface area (TPSA) is 96.0 Å². The monoisotopic (exact) mass is 687 g/mol. The third-order valence-corrected chi connectivity index (χ3v) is 9.73. The van der Waals surface area contributed by atoms with Gasteiger partial charge < -0.3 is 15.0 Å². The van der Waals surface area contributed by atoms with Crippen LogP contribution >= 0.6 is 34.8 Å². The number of nitrogens with zero attached hydrogens (tertiary/aromatic N) is 2. The molecule has 12 heteroatoms. The molecule has 0 aliphatic heterocycles. The number of methoxy groups -OCH3 is 1. The predicted octanol–water partition coefficient (Wildman–Crippen LogP) is 6.63. The van der Waals surface area contributed by atoms with E-state index in [0.29, 0.717) is 17.1 Å². The number of amides is 2. The van der Waals surface area contributed by atoms with Gasteiger partial charge in [0.25, 0.3) is 10.0 Å². The molecule has 0 heterocycles. The Morgan fingerprint density at radius 2 is 1.51 bits per heavy atom. The Hall–Kier alpha value is -3.76. The van der Waals surface area contributed by atoms with E-state index < -0.39 is 34.4 Å². The van der Waals surface area contributed by atoms with Crippen molar-refractivity contribution in [3.05, 3.63) is 123 Å². The SMILES string of the molecule is CCNC(=O)[C@H](Cc1ccccc1)N(Cc1ccc(Cl)c(Cl)c1)C(=O)CN(c1cc(Cl)ccc1OC)S(=O)(=O)c1ccccc1. The zero-order chi connectivity index (χ0) is 32.6. The van der Waals surface area contributed by atoms with E-state index >= 15 is 0 Å². The van der Waals surface area contributed by atoms with Crippen LogP contribution in [0.2, 0.25) is 15.1 Å². The molecule has 0 saturated carbocycles. The molecule has 0 unspecified atom stereocenters. The number of rotatable bonds is 13. The van der Waals surface area contributed by atoms with Crippen molar-refractivity contribution < 1.29 is 22.7 Å². The smallest absolute Gasteiger partial charge is 0.264 e. The third kappa shape index (κ3) is 8.49. The number of hydrogen-bond donors (Lipinski definition) is 1. The first-order valence-corrected chi connectivity index (χ1v) is 16.6. The molecule has 4 rings (SSSR count). The maximum Gasteiger partial charge on any atom is 0.264 e. The van der Waals surface area contributed by atoms with E-state index in [9.17, 15) is 18.0 Å². The fourth-order valence-electron chi connectivity index (χ4n) is 4.77. The summed E-state index contributed by atoms with van der Waals surface area (Å²) in [5.74, 6) is -0.852. The number of ether oxygens (including phenoxy) is 1. The minimum absolute atomic E-state index is 0.0413. The van der Waals surface area contributed by atoms with Gasteiger partial charge in [-0.25, -0.2) is 8.42 Å². The van der Waals surface area contributed by atoms with Gasteiger partial charge in [0.2, 0.25) is 11.8 Å². The van der Waals surface area contributed by atoms with Gasteiger partial charge in [0.15, 0.2) is 0 Å². The molecule has 0 aliphatic carbocycles. The lowest BCUT2D eigenvalue weighted by Gasteiger charge is -2.34. The maximum absolute atomic E-state index is 14.5. The molecule has 0 bridgehead atoms. The molecule has 2 amide bonds. The molecule has 0 aliphatic rings. The van der Waals surface area contributed by atoms with E-state index in [0.717, 1.165) is 9.87 Å². The summed E-state index contributed by atoms with van der Waals surface area (Å²) in [5, 5.41) is 3.67. The first-order valence-electron chi connectivity index (χ1n) is 14.0. The van der Waals surface area contributed by atoms with Crippen molar-refractivity contribution in [2.45, 2.75) is 30.8 Å². The molecule has 45 heavy (non-hydrogen) atoms. The van der Waals surface area contributed by atoms with Gasteiger partial charge in [0.1, 0.15) is 18.3 Å². The van der Waals surface area contributed by atoms with Crippen molar-refractivity contribution in [1.29, 1.82) is 0 Å². The van der Waals surface area contributed by atoms with Crippen LogP contribution in [0.5, 0.6) is 5.75 Å². The van der Waals surface area contributed by atoms with Crippen molar-refractivity contribution >= 4 is 62.3 Å². The Balaban J connectivity index is 1.85. The van der Waals surface area contributed by atoms with Crippen LogP contribution in [0.15, 0.2) is 102 Å². The summed E-state index contributed by atoms with van der Waals surface area (Å²) < 4.78 is 34.7. The van der Waals surface area contributed by atoms with Crippen molar-refractivity contribution in [1.82, 2.24) is 10.2 Å².